The highest BCUT2D eigenvalue weighted by molar-refractivity contribution is 7.18. The van der Waals surface area contributed by atoms with Crippen molar-refractivity contribution in [1.82, 2.24) is 62.2 Å². The normalized spacial score (nSPS) is 15.1. The van der Waals surface area contributed by atoms with Crippen LogP contribution in [-0.2, 0) is 6.42 Å². The molecule has 0 amide bonds. The van der Waals surface area contributed by atoms with Gasteiger partial charge in [0.05, 0.1) is 105 Å². The van der Waals surface area contributed by atoms with E-state index in [4.69, 9.17) is 49.7 Å². The number of ether oxygens (including phenoxy) is 4. The second kappa shape index (κ2) is 37.1. The van der Waals surface area contributed by atoms with Crippen LogP contribution in [-0.4, -0.2) is 208 Å². The highest BCUT2D eigenvalue weighted by Gasteiger charge is 2.26. The Labute approximate surface area is 710 Å². The summed E-state index contributed by atoms with van der Waals surface area (Å²) in [5.74, 6) is 2.47. The van der Waals surface area contributed by atoms with Crippen molar-refractivity contribution < 1.29 is 24.1 Å². The van der Waals surface area contributed by atoms with E-state index in [0.717, 1.165) is 190 Å². The van der Waals surface area contributed by atoms with Crippen LogP contribution >= 0.6 is 22.7 Å². The van der Waals surface area contributed by atoms with E-state index in [0.29, 0.717) is 87.0 Å². The Morgan fingerprint density at radius 3 is 1.31 bits per heavy atom. The fraction of sp³-hybridized carbons (Fsp3) is 0.355. The standard InChI is InChI=1S/C25H32N4O3.C24H27N3O4.C23H25N5OS.C21H21N5OS/c1-6-17-13-20(28-11-9-19(10-12-28)27(2)3)16-29-24(30)15-21(26-25(17)29)18-7-8-22(31-4)23(14-18)32-5;1-16-12-19(17-6-8-26(9-7-17)10-11-28)15-27-23(29)14-20(25-24(16)27)18-4-5-21(30-2)22(13-18)31-3;1-15-24-20-12-16(4-6-21(20)30-15)19-13-23(29)28-14-18(5-7-22(28)25-19)27-10-8-17(9-11-27)26(2)3;1-13-23-18-10-14(2-4-19(18)28-13)17-11-21(27)26-12-16(3-5-20(26)24-17)25-8-6-15(22)7-9-25/h7-8,13-16,19H,6,9-12H2,1-5H3;4-6,12-15,28H,7-11H2,1-3H3;4-7,12-14,17H,8-11H2,1-3H3;2-5,10-12,15H,6-9,22H2,1H3. The Balaban J connectivity index is 0.000000126. The molecule has 3 N–H and O–H groups in total. The fourth-order valence-electron chi connectivity index (χ4n) is 16.5. The molecule has 26 nitrogen and oxygen atoms in total. The summed E-state index contributed by atoms with van der Waals surface area (Å²) in [6, 6.07) is 43.4. The molecule has 0 spiro atoms. The van der Waals surface area contributed by atoms with Gasteiger partial charge < -0.3 is 54.3 Å². The SMILES string of the molecule is CCc1cc(N2CCC(N(C)C)CC2)cn2c(=O)cc(-c3ccc(OC)c(OC)c3)nc12.COc1ccc(-c2cc(=O)n3cc(C4=CCN(CCO)CC4)cc(C)c3n2)cc1OC.Cc1nc2cc(-c3cc(=O)n4cc(N5CCC(N(C)C)CC5)ccc4n3)ccc2s1.Cc1nc2cc(-c3cc(=O)n4cc(N5CCC(N)CC5)ccc4n3)ccc2s1. The van der Waals surface area contributed by atoms with Crippen LogP contribution in [0.2, 0.25) is 0 Å². The average Bonchev–Trinajstić information content (AvgIpc) is 1.42. The number of hydrogen-bond acceptors (Lipinski definition) is 24. The van der Waals surface area contributed by atoms with Gasteiger partial charge in [0.25, 0.3) is 22.2 Å². The van der Waals surface area contributed by atoms with Crippen LogP contribution in [0.3, 0.4) is 0 Å². The van der Waals surface area contributed by atoms with E-state index in [9.17, 15) is 19.2 Å². The molecule has 0 aliphatic carbocycles. The van der Waals surface area contributed by atoms with Gasteiger partial charge >= 0.3 is 0 Å². The molecule has 628 valence electrons. The second-order valence-corrected chi connectivity index (χ2v) is 34.2. The summed E-state index contributed by atoms with van der Waals surface area (Å²) >= 11 is 3.34. The van der Waals surface area contributed by atoms with Crippen LogP contribution in [0.15, 0.2) is 184 Å². The summed E-state index contributed by atoms with van der Waals surface area (Å²) in [4.78, 5) is 93.9. The van der Waals surface area contributed by atoms with E-state index in [2.05, 4.69) is 105 Å². The third-order valence-electron chi connectivity index (χ3n) is 23.5. The number of nitrogens with zero attached hydrogens (tertiary/aromatic N) is 16. The molecule has 10 aromatic heterocycles. The molecule has 18 rings (SSSR count). The number of aryl methyl sites for hydroxylation is 4. The molecule has 14 heterocycles. The van der Waals surface area contributed by atoms with Gasteiger partial charge in [-0.25, -0.2) is 29.9 Å². The molecule has 0 atom stereocenters. The third-order valence-corrected chi connectivity index (χ3v) is 25.4. The number of aliphatic hydroxyl groups excluding tert-OH is 1. The van der Waals surface area contributed by atoms with Gasteiger partial charge in [0.2, 0.25) is 0 Å². The number of nitrogens with two attached hydrogens (primary N) is 1. The number of methoxy groups -OCH3 is 4. The molecule has 4 aliphatic rings. The maximum absolute atomic E-state index is 13.1. The van der Waals surface area contributed by atoms with Crippen LogP contribution in [0.4, 0.5) is 17.1 Å². The van der Waals surface area contributed by atoms with Crippen LogP contribution in [0.1, 0.15) is 78.6 Å². The lowest BCUT2D eigenvalue weighted by molar-refractivity contribution is 0.208. The fourth-order valence-corrected chi connectivity index (χ4v) is 18.1. The summed E-state index contributed by atoms with van der Waals surface area (Å²) in [5, 5.41) is 11.2. The quantitative estimate of drug-likeness (QED) is 0.0858. The number of aromatic nitrogens is 10. The summed E-state index contributed by atoms with van der Waals surface area (Å²) in [5.41, 5.74) is 23.7. The molecule has 4 aliphatic heterocycles. The monoisotopic (exact) mass is 1670 g/mol. The molecule has 3 fully saturated rings. The Morgan fingerprint density at radius 2 is 0.868 bits per heavy atom. The minimum Gasteiger partial charge on any atom is -0.493 e. The van der Waals surface area contributed by atoms with Crippen molar-refractivity contribution in [3.05, 3.63) is 232 Å². The number of thiazole rings is 2. The number of piperidine rings is 3. The first-order valence-electron chi connectivity index (χ1n) is 41.3. The number of pyridine rings is 4. The predicted octanol–water partition coefficient (Wildman–Crippen LogP) is 13.3. The van der Waals surface area contributed by atoms with Gasteiger partial charge in [-0.15, -0.1) is 22.7 Å². The smallest absolute Gasteiger partial charge is 0.258 e. The van der Waals surface area contributed by atoms with Crippen molar-refractivity contribution in [3.8, 4) is 68.0 Å². The molecule has 0 unspecified atom stereocenters. The van der Waals surface area contributed by atoms with Crippen LogP contribution in [0.5, 0.6) is 23.0 Å². The first-order valence-corrected chi connectivity index (χ1v) is 42.9. The van der Waals surface area contributed by atoms with Crippen molar-refractivity contribution in [2.45, 2.75) is 97.2 Å². The minimum atomic E-state index is -0.127. The van der Waals surface area contributed by atoms with Gasteiger partial charge in [-0.1, -0.05) is 25.1 Å². The lowest BCUT2D eigenvalue weighted by Gasteiger charge is -2.36. The molecule has 0 radical (unpaired) electrons. The lowest BCUT2D eigenvalue weighted by Crippen LogP contribution is -2.42. The molecule has 4 aromatic carbocycles. The maximum atomic E-state index is 13.1. The van der Waals surface area contributed by atoms with Gasteiger partial charge in [0.1, 0.15) is 22.6 Å². The van der Waals surface area contributed by atoms with Crippen LogP contribution in [0.25, 0.3) is 93.6 Å². The average molecular weight is 1670 g/mol. The van der Waals surface area contributed by atoms with Crippen molar-refractivity contribution >= 4 is 88.3 Å². The molecule has 14 aromatic rings. The number of aliphatic hydroxyl groups is 1. The highest BCUT2D eigenvalue weighted by atomic mass is 32.1. The molecule has 3 saturated heterocycles. The van der Waals surface area contributed by atoms with Crippen molar-refractivity contribution in [2.24, 2.45) is 5.73 Å². The van der Waals surface area contributed by atoms with Crippen molar-refractivity contribution in [2.75, 3.05) is 137 Å². The Morgan fingerprint density at radius 1 is 0.446 bits per heavy atom. The maximum Gasteiger partial charge on any atom is 0.258 e. The van der Waals surface area contributed by atoms with Crippen LogP contribution < -0.4 is 61.6 Å². The van der Waals surface area contributed by atoms with Gasteiger partial charge in [-0.05, 0) is 220 Å². The zero-order valence-electron chi connectivity index (χ0n) is 70.8. The number of β-amino-alcohol motifs (C(OH)–C–C–N with tert-alkyl or cyclic N) is 1. The molecule has 121 heavy (non-hydrogen) atoms. The number of fused-ring (bicyclic) bond motifs is 6. The van der Waals surface area contributed by atoms with E-state index in [1.807, 2.05) is 130 Å². The highest BCUT2D eigenvalue weighted by Crippen LogP contribution is 2.37. The number of anilines is 3. The third kappa shape index (κ3) is 18.8. The van der Waals surface area contributed by atoms with Crippen molar-refractivity contribution in [3.63, 3.8) is 0 Å². The Bertz CT molecular complexity index is 6430. The number of hydrogen-bond donors (Lipinski definition) is 2. The van der Waals surface area contributed by atoms with Gasteiger partial charge in [0.15, 0.2) is 23.0 Å². The predicted molar refractivity (Wildman–Crippen MR) is 487 cm³/mol. The van der Waals surface area contributed by atoms with Crippen LogP contribution in [0, 0.1) is 20.8 Å². The summed E-state index contributed by atoms with van der Waals surface area (Å²) in [6.45, 7) is 16.5. The first-order chi connectivity index (χ1) is 58.5. The van der Waals surface area contributed by atoms with E-state index < -0.39 is 0 Å². The molecule has 0 saturated carbocycles. The van der Waals surface area contributed by atoms with E-state index in [1.165, 1.54) is 5.57 Å². The number of rotatable bonds is 17. The summed E-state index contributed by atoms with van der Waals surface area (Å²) < 4.78 is 30.3. The molecule has 0 bridgehead atoms. The van der Waals surface area contributed by atoms with Gasteiger partial charge in [-0.3, -0.25) is 41.7 Å². The Hall–Kier alpha value is -11.8. The molecular weight excluding hydrogens is 1560 g/mol. The van der Waals surface area contributed by atoms with E-state index >= 15 is 0 Å². The second-order valence-electron chi connectivity index (χ2n) is 31.7. The first kappa shape index (κ1) is 84.3. The molecular formula is C93H105N17O9S2. The molecule has 28 heteroatoms. The van der Waals surface area contributed by atoms with E-state index in [1.54, 1.807) is 93.0 Å². The van der Waals surface area contributed by atoms with Gasteiger partial charge in [0, 0.05) is 148 Å². The topological polar surface area (TPSA) is 266 Å². The van der Waals surface area contributed by atoms with Gasteiger partial charge in [-0.2, -0.15) is 0 Å². The largest absolute Gasteiger partial charge is 0.493 e. The van der Waals surface area contributed by atoms with Crippen molar-refractivity contribution in [1.29, 1.82) is 0 Å². The van der Waals surface area contributed by atoms with E-state index in [-0.39, 0.29) is 34.9 Å². The zero-order valence-corrected chi connectivity index (χ0v) is 72.4. The summed E-state index contributed by atoms with van der Waals surface area (Å²) in [7, 11) is 15.0. The number of benzene rings is 4. The minimum absolute atomic E-state index is 0.0606. The Kier molecular flexibility index (Phi) is 25.8. The zero-order chi connectivity index (χ0) is 84.9. The summed E-state index contributed by atoms with van der Waals surface area (Å²) in [6.07, 6.45) is 18.0. The lowest BCUT2D eigenvalue weighted by atomic mass is 9.99.